The van der Waals surface area contributed by atoms with Gasteiger partial charge in [-0.25, -0.2) is 4.98 Å². The topological polar surface area (TPSA) is 88.8 Å². The molecule has 0 atom stereocenters. The van der Waals surface area contributed by atoms with E-state index in [4.69, 9.17) is 4.98 Å². The van der Waals surface area contributed by atoms with Crippen LogP contribution in [0.2, 0.25) is 0 Å². The van der Waals surface area contributed by atoms with Crippen LogP contribution in [0.5, 0.6) is 0 Å². The molecule has 4 aromatic heterocycles. The highest BCUT2D eigenvalue weighted by molar-refractivity contribution is 6.00. The maximum absolute atomic E-state index is 4.75. The van der Waals surface area contributed by atoms with E-state index in [1.807, 2.05) is 24.7 Å². The predicted molar refractivity (Wildman–Crippen MR) is 152 cm³/mol. The van der Waals surface area contributed by atoms with Crippen LogP contribution < -0.4 is 10.2 Å². The Bertz CT molecular complexity index is 1590. The molecule has 188 valence electrons. The second kappa shape index (κ2) is 9.37. The molecule has 0 aliphatic carbocycles. The molecule has 0 unspecified atom stereocenters. The molecule has 0 radical (unpaired) electrons. The third-order valence-corrected chi connectivity index (χ3v) is 7.22. The number of benzene rings is 1. The molecule has 0 spiro atoms. The van der Waals surface area contributed by atoms with Gasteiger partial charge in [-0.15, -0.1) is 0 Å². The van der Waals surface area contributed by atoms with Crippen molar-refractivity contribution in [2.45, 2.75) is 13.8 Å². The number of allylic oxidation sites excluding steroid dienone is 1. The summed E-state index contributed by atoms with van der Waals surface area (Å²) < 4.78 is 0. The van der Waals surface area contributed by atoms with Crippen molar-refractivity contribution < 1.29 is 0 Å². The molecule has 6 rings (SSSR count). The molecule has 0 amide bonds. The molecule has 3 N–H and O–H groups in total. The molecule has 37 heavy (non-hydrogen) atoms. The smallest absolute Gasteiger partial charge is 0.138 e. The van der Waals surface area contributed by atoms with Gasteiger partial charge in [-0.1, -0.05) is 26.5 Å². The molecular weight excluding hydrogens is 460 g/mol. The Morgan fingerprint density at radius 1 is 0.973 bits per heavy atom. The summed E-state index contributed by atoms with van der Waals surface area (Å²) in [6, 6.07) is 12.7. The zero-order chi connectivity index (χ0) is 25.5. The van der Waals surface area contributed by atoms with Crippen molar-refractivity contribution in [1.82, 2.24) is 30.0 Å². The first-order valence-corrected chi connectivity index (χ1v) is 12.8. The normalized spacial score (nSPS) is 14.6. The SMILES string of the molecule is C=C(Nc1cncc(-c2ccc3[nH]nc(-c4cc5c(N6CCN(C)CC6)nccc5[nH]4)c3c2)c1)C(C)C. The monoisotopic (exact) mass is 492 g/mol. The van der Waals surface area contributed by atoms with Crippen LogP contribution >= 0.6 is 0 Å². The first-order valence-electron chi connectivity index (χ1n) is 12.8. The molecule has 1 fully saturated rings. The van der Waals surface area contributed by atoms with E-state index in [2.05, 4.69) is 93.1 Å². The quantitative estimate of drug-likeness (QED) is 0.290. The summed E-state index contributed by atoms with van der Waals surface area (Å²) in [5, 5.41) is 13.5. The molecule has 5 heterocycles. The molecule has 1 aliphatic rings. The predicted octanol–water partition coefficient (Wildman–Crippen LogP) is 5.50. The Morgan fingerprint density at radius 2 is 1.81 bits per heavy atom. The van der Waals surface area contributed by atoms with Gasteiger partial charge in [0.1, 0.15) is 11.5 Å². The number of rotatable bonds is 6. The van der Waals surface area contributed by atoms with Gasteiger partial charge in [-0.3, -0.25) is 10.1 Å². The van der Waals surface area contributed by atoms with E-state index < -0.39 is 0 Å². The van der Waals surface area contributed by atoms with Crippen molar-refractivity contribution in [3.8, 4) is 22.5 Å². The lowest BCUT2D eigenvalue weighted by atomic mass is 10.0. The summed E-state index contributed by atoms with van der Waals surface area (Å²) >= 11 is 0. The van der Waals surface area contributed by atoms with Crippen molar-refractivity contribution in [2.24, 2.45) is 5.92 Å². The fraction of sp³-hybridized carbons (Fsp3) is 0.276. The zero-order valence-corrected chi connectivity index (χ0v) is 21.5. The number of likely N-dealkylation sites (N-methyl/N-ethyl adjacent to an activating group) is 1. The molecule has 1 aliphatic heterocycles. The molecular formula is C29H32N8. The third-order valence-electron chi connectivity index (χ3n) is 7.22. The Kier molecular flexibility index (Phi) is 5.88. The molecule has 8 nitrogen and oxygen atoms in total. The summed E-state index contributed by atoms with van der Waals surface area (Å²) in [5.74, 6) is 1.38. The highest BCUT2D eigenvalue weighted by Gasteiger charge is 2.20. The zero-order valence-electron chi connectivity index (χ0n) is 21.5. The number of piperazine rings is 1. The van der Waals surface area contributed by atoms with Crippen LogP contribution in [-0.2, 0) is 0 Å². The third kappa shape index (κ3) is 4.44. The largest absolute Gasteiger partial charge is 0.358 e. The number of hydrogen-bond acceptors (Lipinski definition) is 6. The summed E-state index contributed by atoms with van der Waals surface area (Å²) in [7, 11) is 2.17. The van der Waals surface area contributed by atoms with Crippen molar-refractivity contribution >= 4 is 33.3 Å². The lowest BCUT2D eigenvalue weighted by molar-refractivity contribution is 0.312. The van der Waals surface area contributed by atoms with E-state index in [9.17, 15) is 0 Å². The minimum Gasteiger partial charge on any atom is -0.358 e. The van der Waals surface area contributed by atoms with Crippen LogP contribution in [-0.4, -0.2) is 63.3 Å². The second-order valence-electron chi connectivity index (χ2n) is 10.2. The average molecular weight is 493 g/mol. The van der Waals surface area contributed by atoms with Crippen LogP contribution in [0.25, 0.3) is 44.3 Å². The number of H-pyrrole nitrogens is 2. The van der Waals surface area contributed by atoms with Crippen molar-refractivity contribution in [2.75, 3.05) is 43.4 Å². The number of fused-ring (bicyclic) bond motifs is 2. The lowest BCUT2D eigenvalue weighted by Gasteiger charge is -2.33. The second-order valence-corrected chi connectivity index (χ2v) is 10.2. The first kappa shape index (κ1) is 23.2. The fourth-order valence-electron chi connectivity index (χ4n) is 4.83. The molecule has 1 saturated heterocycles. The van der Waals surface area contributed by atoms with E-state index >= 15 is 0 Å². The van der Waals surface area contributed by atoms with Gasteiger partial charge in [-0.2, -0.15) is 5.10 Å². The fourth-order valence-corrected chi connectivity index (χ4v) is 4.83. The first-order chi connectivity index (χ1) is 18.0. The van der Waals surface area contributed by atoms with Gasteiger partial charge in [0.05, 0.1) is 28.6 Å². The number of aromatic nitrogens is 5. The lowest BCUT2D eigenvalue weighted by Crippen LogP contribution is -2.44. The number of nitrogens with one attached hydrogen (secondary N) is 3. The minimum atomic E-state index is 0.344. The van der Waals surface area contributed by atoms with Gasteiger partial charge in [0.25, 0.3) is 0 Å². The molecule has 0 saturated carbocycles. The number of aromatic amines is 2. The standard InChI is InChI=1S/C29H32N8/c1-18(2)19(3)32-22-13-21(16-30-17-22)20-5-6-26-23(14-20)28(35-34-26)27-15-24-25(33-27)7-8-31-29(24)37-11-9-36(4)10-12-37/h5-8,13-18,32-33H,3,9-12H2,1-2,4H3,(H,34,35). The van der Waals surface area contributed by atoms with E-state index in [-0.39, 0.29) is 0 Å². The van der Waals surface area contributed by atoms with Crippen molar-refractivity contribution in [3.05, 3.63) is 67.3 Å². The molecule has 8 heteroatoms. The summed E-state index contributed by atoms with van der Waals surface area (Å²) in [4.78, 5) is 17.5. The van der Waals surface area contributed by atoms with Gasteiger partial charge >= 0.3 is 0 Å². The highest BCUT2D eigenvalue weighted by atomic mass is 15.3. The van der Waals surface area contributed by atoms with Gasteiger partial charge in [-0.05, 0) is 48.9 Å². The van der Waals surface area contributed by atoms with Gasteiger partial charge in [0, 0.05) is 60.6 Å². The van der Waals surface area contributed by atoms with E-state index in [0.717, 1.165) is 87.7 Å². The van der Waals surface area contributed by atoms with E-state index in [1.54, 1.807) is 0 Å². The maximum atomic E-state index is 4.75. The van der Waals surface area contributed by atoms with E-state index in [1.165, 1.54) is 0 Å². The summed E-state index contributed by atoms with van der Waals surface area (Å²) in [5.41, 5.74) is 7.95. The minimum absolute atomic E-state index is 0.344. The molecule has 5 aromatic rings. The van der Waals surface area contributed by atoms with Gasteiger partial charge in [0.2, 0.25) is 0 Å². The molecule has 1 aromatic carbocycles. The average Bonchev–Trinajstić information content (AvgIpc) is 3.53. The van der Waals surface area contributed by atoms with Gasteiger partial charge in [0.15, 0.2) is 0 Å². The van der Waals surface area contributed by atoms with Crippen LogP contribution in [0.15, 0.2) is 67.3 Å². The Hall–Kier alpha value is -4.17. The van der Waals surface area contributed by atoms with Crippen LogP contribution in [0.3, 0.4) is 0 Å². The van der Waals surface area contributed by atoms with Crippen LogP contribution in [0.4, 0.5) is 11.5 Å². The molecule has 0 bridgehead atoms. The summed E-state index contributed by atoms with van der Waals surface area (Å²) in [6.45, 7) is 12.4. The van der Waals surface area contributed by atoms with Crippen molar-refractivity contribution in [1.29, 1.82) is 0 Å². The highest BCUT2D eigenvalue weighted by Crippen LogP contribution is 2.34. The van der Waals surface area contributed by atoms with Crippen LogP contribution in [0.1, 0.15) is 13.8 Å². The summed E-state index contributed by atoms with van der Waals surface area (Å²) in [6.07, 6.45) is 5.61. The Morgan fingerprint density at radius 3 is 2.62 bits per heavy atom. The van der Waals surface area contributed by atoms with Crippen LogP contribution in [0, 0.1) is 5.92 Å². The Balaban J connectivity index is 1.36. The number of anilines is 2. The number of hydrogen-bond donors (Lipinski definition) is 3. The van der Waals surface area contributed by atoms with E-state index in [0.29, 0.717) is 5.92 Å². The Labute approximate surface area is 216 Å². The number of pyridine rings is 2. The van der Waals surface area contributed by atoms with Crippen molar-refractivity contribution in [3.63, 3.8) is 0 Å². The van der Waals surface area contributed by atoms with Gasteiger partial charge < -0.3 is 20.1 Å². The maximum Gasteiger partial charge on any atom is 0.138 e. The number of nitrogens with zero attached hydrogens (tertiary/aromatic N) is 5.